The molecule has 0 aliphatic heterocycles. The molecule has 0 aliphatic carbocycles. The minimum absolute atomic E-state index is 0.0957. The summed E-state index contributed by atoms with van der Waals surface area (Å²) >= 11 is 3.09. The third-order valence-corrected chi connectivity index (χ3v) is 4.41. The molecule has 4 nitrogen and oxygen atoms in total. The van der Waals surface area contributed by atoms with E-state index in [2.05, 4.69) is 9.97 Å². The van der Waals surface area contributed by atoms with E-state index in [0.717, 1.165) is 15.2 Å². The molecule has 17 heavy (non-hydrogen) atoms. The van der Waals surface area contributed by atoms with E-state index in [4.69, 9.17) is 0 Å². The van der Waals surface area contributed by atoms with Crippen molar-refractivity contribution in [3.8, 4) is 0 Å². The van der Waals surface area contributed by atoms with E-state index in [-0.39, 0.29) is 11.2 Å². The highest BCUT2D eigenvalue weighted by atomic mass is 32.2. The van der Waals surface area contributed by atoms with Crippen LogP contribution in [-0.4, -0.2) is 40.1 Å². The van der Waals surface area contributed by atoms with Gasteiger partial charge >= 0.3 is 0 Å². The van der Waals surface area contributed by atoms with Crippen LogP contribution in [-0.2, 0) is 4.79 Å². The highest BCUT2D eigenvalue weighted by Gasteiger charge is 2.18. The summed E-state index contributed by atoms with van der Waals surface area (Å²) in [6.45, 7) is 1.90. The van der Waals surface area contributed by atoms with Gasteiger partial charge in [-0.05, 0) is 18.4 Å². The molecule has 1 amide bonds. The number of hydrogen-bond donors (Lipinski definition) is 0. The van der Waals surface area contributed by atoms with Crippen LogP contribution < -0.4 is 0 Å². The fourth-order valence-corrected chi connectivity index (χ4v) is 3.41. The second kappa shape index (κ2) is 5.01. The summed E-state index contributed by atoms with van der Waals surface area (Å²) in [4.78, 5) is 21.8. The van der Waals surface area contributed by atoms with Gasteiger partial charge in [0.15, 0.2) is 0 Å². The lowest BCUT2D eigenvalue weighted by Gasteiger charge is -2.15. The Kier molecular flexibility index (Phi) is 3.63. The Bertz CT molecular complexity index is 538. The maximum atomic E-state index is 11.8. The Morgan fingerprint density at radius 3 is 2.94 bits per heavy atom. The number of hydrogen-bond acceptors (Lipinski definition) is 5. The van der Waals surface area contributed by atoms with Crippen LogP contribution in [0, 0.1) is 0 Å². The molecule has 2 aromatic heterocycles. The fraction of sp³-hybridized carbons (Fsp3) is 0.364. The van der Waals surface area contributed by atoms with E-state index in [1.54, 1.807) is 36.7 Å². The predicted molar refractivity (Wildman–Crippen MR) is 71.4 cm³/mol. The van der Waals surface area contributed by atoms with Crippen LogP contribution in [0.1, 0.15) is 6.92 Å². The number of amides is 1. The summed E-state index contributed by atoms with van der Waals surface area (Å²) in [7, 11) is 3.53. The van der Waals surface area contributed by atoms with Crippen molar-refractivity contribution in [2.75, 3.05) is 14.1 Å². The zero-order valence-electron chi connectivity index (χ0n) is 9.88. The smallest absolute Gasteiger partial charge is 0.235 e. The zero-order chi connectivity index (χ0) is 12.4. The van der Waals surface area contributed by atoms with Gasteiger partial charge in [-0.1, -0.05) is 11.8 Å². The van der Waals surface area contributed by atoms with Gasteiger partial charge in [-0.15, -0.1) is 11.3 Å². The molecule has 2 aromatic rings. The highest BCUT2D eigenvalue weighted by Crippen LogP contribution is 2.31. The van der Waals surface area contributed by atoms with Gasteiger partial charge in [0.25, 0.3) is 0 Å². The largest absolute Gasteiger partial charge is 0.348 e. The molecular formula is C11H13N3OS2. The maximum absolute atomic E-state index is 11.8. The van der Waals surface area contributed by atoms with Crippen molar-refractivity contribution in [3.63, 3.8) is 0 Å². The van der Waals surface area contributed by atoms with Crippen LogP contribution >= 0.6 is 23.1 Å². The molecule has 1 atom stereocenters. The molecule has 90 valence electrons. The first-order chi connectivity index (χ1) is 8.09. The first-order valence-corrected chi connectivity index (χ1v) is 6.91. The Morgan fingerprint density at radius 2 is 2.24 bits per heavy atom. The molecule has 2 heterocycles. The summed E-state index contributed by atoms with van der Waals surface area (Å²) < 4.78 is 1.05. The van der Waals surface area contributed by atoms with Crippen molar-refractivity contribution in [1.29, 1.82) is 0 Å². The Balaban J connectivity index is 2.24. The first kappa shape index (κ1) is 12.3. The van der Waals surface area contributed by atoms with Crippen molar-refractivity contribution < 1.29 is 4.79 Å². The average molecular weight is 267 g/mol. The first-order valence-electron chi connectivity index (χ1n) is 5.15. The quantitative estimate of drug-likeness (QED) is 0.632. The lowest BCUT2D eigenvalue weighted by atomic mass is 10.4. The van der Waals surface area contributed by atoms with Crippen molar-refractivity contribution >= 4 is 39.2 Å². The second-order valence-electron chi connectivity index (χ2n) is 3.81. The third kappa shape index (κ3) is 2.58. The number of nitrogens with zero attached hydrogens (tertiary/aromatic N) is 3. The zero-order valence-corrected chi connectivity index (χ0v) is 11.5. The molecule has 0 aromatic carbocycles. The molecule has 0 aliphatic rings. The molecule has 0 fully saturated rings. The van der Waals surface area contributed by atoms with Crippen LogP contribution in [0.5, 0.6) is 0 Å². The highest BCUT2D eigenvalue weighted by molar-refractivity contribution is 8.00. The van der Waals surface area contributed by atoms with Crippen LogP contribution in [0.2, 0.25) is 0 Å². The Labute approximate surface area is 108 Å². The van der Waals surface area contributed by atoms with Crippen LogP contribution in [0.15, 0.2) is 22.8 Å². The molecule has 0 bridgehead atoms. The molecule has 0 spiro atoms. The maximum Gasteiger partial charge on any atom is 0.235 e. The number of carbonyl (C=O) groups excluding carboxylic acids is 1. The SMILES string of the molecule is C[C@H](Sc1ncnc2ccsc12)C(=O)N(C)C. The van der Waals surface area contributed by atoms with E-state index < -0.39 is 0 Å². The van der Waals surface area contributed by atoms with E-state index >= 15 is 0 Å². The fourth-order valence-electron chi connectivity index (χ4n) is 1.43. The van der Waals surface area contributed by atoms with E-state index in [1.807, 2.05) is 18.4 Å². The summed E-state index contributed by atoms with van der Waals surface area (Å²) in [6.07, 6.45) is 1.55. The van der Waals surface area contributed by atoms with Gasteiger partial charge in [0.05, 0.1) is 15.5 Å². The monoisotopic (exact) mass is 267 g/mol. The van der Waals surface area contributed by atoms with E-state index in [0.29, 0.717) is 0 Å². The van der Waals surface area contributed by atoms with Crippen LogP contribution in [0.3, 0.4) is 0 Å². The second-order valence-corrected chi connectivity index (χ2v) is 6.05. The molecular weight excluding hydrogens is 254 g/mol. The van der Waals surface area contributed by atoms with Crippen molar-refractivity contribution in [2.45, 2.75) is 17.2 Å². The van der Waals surface area contributed by atoms with Gasteiger partial charge in [0.1, 0.15) is 11.4 Å². The Hall–Kier alpha value is -1.14. The van der Waals surface area contributed by atoms with Gasteiger partial charge < -0.3 is 4.90 Å². The summed E-state index contributed by atoms with van der Waals surface area (Å²) in [5.41, 5.74) is 0.942. The molecule has 6 heteroatoms. The van der Waals surface area contributed by atoms with Gasteiger partial charge in [-0.25, -0.2) is 9.97 Å². The van der Waals surface area contributed by atoms with Crippen LogP contribution in [0.4, 0.5) is 0 Å². The summed E-state index contributed by atoms with van der Waals surface area (Å²) in [6, 6.07) is 1.96. The van der Waals surface area contributed by atoms with Crippen LogP contribution in [0.25, 0.3) is 10.2 Å². The van der Waals surface area contributed by atoms with Crippen molar-refractivity contribution in [1.82, 2.24) is 14.9 Å². The number of carbonyl (C=O) groups is 1. The number of rotatable bonds is 3. The minimum Gasteiger partial charge on any atom is -0.348 e. The number of thioether (sulfide) groups is 1. The average Bonchev–Trinajstić information content (AvgIpc) is 2.76. The Morgan fingerprint density at radius 1 is 1.47 bits per heavy atom. The summed E-state index contributed by atoms with van der Waals surface area (Å²) in [5.74, 6) is 0.0957. The lowest BCUT2D eigenvalue weighted by Crippen LogP contribution is -2.29. The standard InChI is InChI=1S/C11H13N3OS2/c1-7(11(15)14(2)3)17-10-9-8(4-5-16-9)12-6-13-10/h4-7H,1-3H3/t7-/m0/s1. The van der Waals surface area contributed by atoms with Gasteiger partial charge in [-0.3, -0.25) is 4.79 Å². The molecule has 0 N–H and O–H groups in total. The topological polar surface area (TPSA) is 46.1 Å². The third-order valence-electron chi connectivity index (χ3n) is 2.29. The van der Waals surface area contributed by atoms with Crippen molar-refractivity contribution in [2.24, 2.45) is 0 Å². The molecule has 0 radical (unpaired) electrons. The van der Waals surface area contributed by atoms with Gasteiger partial charge in [0, 0.05) is 14.1 Å². The van der Waals surface area contributed by atoms with Gasteiger partial charge in [0.2, 0.25) is 5.91 Å². The molecule has 0 unspecified atom stereocenters. The molecule has 0 saturated heterocycles. The minimum atomic E-state index is -0.134. The normalized spacial score (nSPS) is 12.6. The predicted octanol–water partition coefficient (Wildman–Crippen LogP) is 2.26. The number of fused-ring (bicyclic) bond motifs is 1. The molecule has 0 saturated carbocycles. The van der Waals surface area contributed by atoms with E-state index in [9.17, 15) is 4.79 Å². The number of thiophene rings is 1. The number of aromatic nitrogens is 2. The lowest BCUT2D eigenvalue weighted by molar-refractivity contribution is -0.127. The summed E-state index contributed by atoms with van der Waals surface area (Å²) in [5, 5.41) is 2.74. The van der Waals surface area contributed by atoms with Gasteiger partial charge in [-0.2, -0.15) is 0 Å². The molecule has 2 rings (SSSR count). The van der Waals surface area contributed by atoms with Crippen molar-refractivity contribution in [3.05, 3.63) is 17.8 Å². The van der Waals surface area contributed by atoms with E-state index in [1.165, 1.54) is 11.8 Å².